The summed E-state index contributed by atoms with van der Waals surface area (Å²) in [6, 6.07) is 26.1. The van der Waals surface area contributed by atoms with Gasteiger partial charge in [0.15, 0.2) is 0 Å². The number of nitrogens with one attached hydrogen (secondary N) is 1. The summed E-state index contributed by atoms with van der Waals surface area (Å²) in [5.41, 5.74) is 3.13. The van der Waals surface area contributed by atoms with E-state index in [4.69, 9.17) is 0 Å². The summed E-state index contributed by atoms with van der Waals surface area (Å²) in [7, 11) is 0. The molecule has 1 N–H and O–H groups in total. The first-order chi connectivity index (χ1) is 15.9. The number of rotatable bonds is 6. The van der Waals surface area contributed by atoms with Crippen molar-refractivity contribution in [2.24, 2.45) is 0 Å². The fourth-order valence-corrected chi connectivity index (χ4v) is 3.74. The van der Waals surface area contributed by atoms with Gasteiger partial charge < -0.3 is 5.32 Å². The Morgan fingerprint density at radius 2 is 1.48 bits per heavy atom. The van der Waals surface area contributed by atoms with E-state index in [0.29, 0.717) is 10.7 Å². The fourth-order valence-electron chi connectivity index (χ4n) is 3.12. The third-order valence-electron chi connectivity index (χ3n) is 4.75. The molecule has 0 atom stereocenters. The normalized spacial score (nSPS) is 11.2. The molecule has 0 aliphatic heterocycles. The molecule has 4 aromatic rings. The molecule has 8 heteroatoms. The van der Waals surface area contributed by atoms with E-state index in [1.807, 2.05) is 60.7 Å². The molecule has 0 saturated carbocycles. The molecule has 1 heterocycles. The van der Waals surface area contributed by atoms with Crippen molar-refractivity contribution in [1.29, 1.82) is 0 Å². The highest BCUT2D eigenvalue weighted by Crippen LogP contribution is 2.31. The Hall–Kier alpha value is -3.65. The van der Waals surface area contributed by atoms with Crippen molar-refractivity contribution in [3.8, 4) is 22.4 Å². The van der Waals surface area contributed by atoms with Gasteiger partial charge in [0.05, 0.1) is 17.0 Å². The van der Waals surface area contributed by atoms with E-state index >= 15 is 0 Å². The minimum absolute atomic E-state index is 0.00392. The molecule has 0 spiro atoms. The van der Waals surface area contributed by atoms with Crippen LogP contribution in [0.2, 0.25) is 0 Å². The summed E-state index contributed by atoms with van der Waals surface area (Å²) in [6.45, 7) is 0. The summed E-state index contributed by atoms with van der Waals surface area (Å²) in [5.74, 6) is -0.433. The molecule has 0 radical (unpaired) electrons. The van der Waals surface area contributed by atoms with Crippen LogP contribution in [0.15, 0.2) is 96.0 Å². The van der Waals surface area contributed by atoms with Crippen LogP contribution < -0.4 is 5.32 Å². The molecule has 0 fully saturated rings. The van der Waals surface area contributed by atoms with Crippen LogP contribution in [0.4, 0.5) is 18.9 Å². The Kier molecular flexibility index (Phi) is 6.74. The van der Waals surface area contributed by atoms with Crippen molar-refractivity contribution in [1.82, 2.24) is 10.2 Å². The lowest BCUT2D eigenvalue weighted by Crippen LogP contribution is -2.15. The number of benzene rings is 3. The van der Waals surface area contributed by atoms with E-state index < -0.39 is 17.6 Å². The van der Waals surface area contributed by atoms with Crippen molar-refractivity contribution in [2.75, 3.05) is 11.1 Å². The van der Waals surface area contributed by atoms with Gasteiger partial charge in [0, 0.05) is 11.3 Å². The molecule has 0 aliphatic rings. The van der Waals surface area contributed by atoms with Crippen molar-refractivity contribution in [2.45, 2.75) is 11.2 Å². The zero-order valence-electron chi connectivity index (χ0n) is 17.2. The number of amides is 1. The van der Waals surface area contributed by atoms with Crippen molar-refractivity contribution < 1.29 is 18.0 Å². The first kappa shape index (κ1) is 22.5. The predicted molar refractivity (Wildman–Crippen MR) is 124 cm³/mol. The lowest BCUT2D eigenvalue weighted by molar-refractivity contribution is -0.137. The summed E-state index contributed by atoms with van der Waals surface area (Å²) in [6.07, 6.45) is -4.46. The molecule has 0 unspecified atom stereocenters. The van der Waals surface area contributed by atoms with Crippen LogP contribution in [-0.2, 0) is 11.0 Å². The number of halogens is 3. The summed E-state index contributed by atoms with van der Waals surface area (Å²) in [4.78, 5) is 12.1. The standard InChI is InChI=1S/C25H18F3N3OS/c26-25(27,28)20-7-4-8-21(15-20)29-23(32)16-33-24-14-13-22(30-31-24)19-11-9-18(10-12-19)17-5-2-1-3-6-17/h1-15H,16H2,(H,29,32). The first-order valence-corrected chi connectivity index (χ1v) is 11.0. The molecule has 1 amide bonds. The van der Waals surface area contributed by atoms with Crippen LogP contribution in [-0.4, -0.2) is 21.9 Å². The molecule has 0 bridgehead atoms. The maximum Gasteiger partial charge on any atom is 0.416 e. The number of aromatic nitrogens is 2. The van der Waals surface area contributed by atoms with Crippen LogP contribution in [0, 0.1) is 0 Å². The third kappa shape index (κ3) is 5.98. The molecule has 1 aromatic heterocycles. The quantitative estimate of drug-likeness (QED) is 0.328. The first-order valence-electron chi connectivity index (χ1n) is 9.98. The monoisotopic (exact) mass is 465 g/mol. The molecule has 4 nitrogen and oxygen atoms in total. The molecule has 0 aliphatic carbocycles. The Morgan fingerprint density at radius 3 is 2.15 bits per heavy atom. The number of alkyl halides is 3. The molecule has 166 valence electrons. The van der Waals surface area contributed by atoms with Gasteiger partial charge in [-0.25, -0.2) is 0 Å². The number of carbonyl (C=O) groups is 1. The van der Waals surface area contributed by atoms with E-state index in [1.54, 1.807) is 6.07 Å². The van der Waals surface area contributed by atoms with Gasteiger partial charge in [-0.15, -0.1) is 10.2 Å². The van der Waals surface area contributed by atoms with Gasteiger partial charge in [0.1, 0.15) is 5.03 Å². The van der Waals surface area contributed by atoms with E-state index in [-0.39, 0.29) is 11.4 Å². The Morgan fingerprint density at radius 1 is 0.788 bits per heavy atom. The highest BCUT2D eigenvalue weighted by Gasteiger charge is 2.30. The van der Waals surface area contributed by atoms with Gasteiger partial charge in [-0.05, 0) is 41.5 Å². The maximum absolute atomic E-state index is 12.8. The second kappa shape index (κ2) is 9.87. The predicted octanol–water partition coefficient (Wildman–Crippen LogP) is 6.56. The lowest BCUT2D eigenvalue weighted by Gasteiger charge is -2.09. The van der Waals surface area contributed by atoms with E-state index in [0.717, 1.165) is 40.6 Å². The fraction of sp³-hybridized carbons (Fsp3) is 0.0800. The number of hydrogen-bond acceptors (Lipinski definition) is 4. The average molecular weight is 466 g/mol. The minimum Gasteiger partial charge on any atom is -0.325 e. The Labute approximate surface area is 192 Å². The van der Waals surface area contributed by atoms with Gasteiger partial charge in [0.25, 0.3) is 0 Å². The summed E-state index contributed by atoms with van der Waals surface area (Å²) in [5, 5.41) is 11.4. The molecular formula is C25H18F3N3OS. The lowest BCUT2D eigenvalue weighted by atomic mass is 10.0. The molecular weight excluding hydrogens is 447 g/mol. The zero-order valence-corrected chi connectivity index (χ0v) is 18.0. The molecule has 3 aromatic carbocycles. The van der Waals surface area contributed by atoms with E-state index in [1.165, 1.54) is 12.1 Å². The number of thioether (sulfide) groups is 1. The second-order valence-corrected chi connectivity index (χ2v) is 8.11. The number of nitrogens with zero attached hydrogens (tertiary/aromatic N) is 2. The minimum atomic E-state index is -4.46. The van der Waals surface area contributed by atoms with Crippen LogP contribution in [0.1, 0.15) is 5.56 Å². The van der Waals surface area contributed by atoms with Crippen LogP contribution in [0.3, 0.4) is 0 Å². The van der Waals surface area contributed by atoms with E-state index in [2.05, 4.69) is 15.5 Å². The highest BCUT2D eigenvalue weighted by atomic mass is 32.2. The van der Waals surface area contributed by atoms with Gasteiger partial charge >= 0.3 is 6.18 Å². The van der Waals surface area contributed by atoms with Gasteiger partial charge in [-0.1, -0.05) is 72.4 Å². The van der Waals surface area contributed by atoms with Gasteiger partial charge in [0.2, 0.25) is 5.91 Å². The number of carbonyl (C=O) groups excluding carboxylic acids is 1. The van der Waals surface area contributed by atoms with Crippen molar-refractivity contribution in [3.05, 3.63) is 96.6 Å². The van der Waals surface area contributed by atoms with Crippen LogP contribution in [0.25, 0.3) is 22.4 Å². The summed E-state index contributed by atoms with van der Waals surface area (Å²) < 4.78 is 38.4. The number of anilines is 1. The highest BCUT2D eigenvalue weighted by molar-refractivity contribution is 7.99. The van der Waals surface area contributed by atoms with Crippen molar-refractivity contribution in [3.63, 3.8) is 0 Å². The number of hydrogen-bond donors (Lipinski definition) is 1. The topological polar surface area (TPSA) is 54.9 Å². The molecule has 0 saturated heterocycles. The third-order valence-corrected chi connectivity index (χ3v) is 5.67. The zero-order chi connectivity index (χ0) is 23.3. The molecule has 4 rings (SSSR count). The Balaban J connectivity index is 1.34. The molecule has 33 heavy (non-hydrogen) atoms. The van der Waals surface area contributed by atoms with Gasteiger partial charge in [-0.3, -0.25) is 4.79 Å². The van der Waals surface area contributed by atoms with Gasteiger partial charge in [-0.2, -0.15) is 13.2 Å². The van der Waals surface area contributed by atoms with Crippen molar-refractivity contribution >= 4 is 23.4 Å². The second-order valence-electron chi connectivity index (χ2n) is 7.12. The average Bonchev–Trinajstić information content (AvgIpc) is 2.83. The van der Waals surface area contributed by atoms with Crippen LogP contribution in [0.5, 0.6) is 0 Å². The van der Waals surface area contributed by atoms with E-state index in [9.17, 15) is 18.0 Å². The smallest absolute Gasteiger partial charge is 0.325 e. The SMILES string of the molecule is O=C(CSc1ccc(-c2ccc(-c3ccccc3)cc2)nn1)Nc1cccc(C(F)(F)F)c1. The maximum atomic E-state index is 12.8. The largest absolute Gasteiger partial charge is 0.416 e. The van der Waals surface area contributed by atoms with Crippen LogP contribution >= 0.6 is 11.8 Å². The summed E-state index contributed by atoms with van der Waals surface area (Å²) >= 11 is 1.15. The Bertz CT molecular complexity index is 1230.